The molecule has 0 aliphatic heterocycles. The molecule has 4 bridgehead atoms. The second-order valence-electron chi connectivity index (χ2n) is 6.83. The first kappa shape index (κ1) is 13.1. The van der Waals surface area contributed by atoms with Crippen LogP contribution >= 0.6 is 0 Å². The van der Waals surface area contributed by atoms with E-state index in [4.69, 9.17) is 4.74 Å². The number of carbonyl (C=O) groups is 1. The van der Waals surface area contributed by atoms with Gasteiger partial charge in [0.15, 0.2) is 6.10 Å². The standard InChI is InChI=1S/C14H20O5/c1-8(2)10(15)19-11-13(17)4-9-3-12(16,6-13)7-14(11,18)5-9/h9,11,16-18H,1,3-7H2,2H3. The first-order valence-electron chi connectivity index (χ1n) is 6.70. The van der Waals surface area contributed by atoms with Gasteiger partial charge in [0.1, 0.15) is 11.2 Å². The van der Waals surface area contributed by atoms with Crippen LogP contribution < -0.4 is 0 Å². The molecular weight excluding hydrogens is 248 g/mol. The highest BCUT2D eigenvalue weighted by atomic mass is 16.6. The first-order chi connectivity index (χ1) is 8.66. The molecule has 5 nitrogen and oxygen atoms in total. The summed E-state index contributed by atoms with van der Waals surface area (Å²) in [6.07, 6.45) is 0.886. The van der Waals surface area contributed by atoms with Gasteiger partial charge in [0.25, 0.3) is 0 Å². The Bertz CT molecular complexity index is 437. The lowest BCUT2D eigenvalue weighted by molar-refractivity contribution is -0.310. The monoisotopic (exact) mass is 268 g/mol. The van der Waals surface area contributed by atoms with Gasteiger partial charge in [-0.15, -0.1) is 0 Å². The Hall–Kier alpha value is -0.910. The van der Waals surface area contributed by atoms with Crippen LogP contribution in [-0.4, -0.2) is 44.2 Å². The number of rotatable bonds is 2. The SMILES string of the molecule is C=C(C)C(=O)OC1C2(O)CC3CC(O)(C2)CC1(O)C3. The largest absolute Gasteiger partial charge is 0.453 e. The van der Waals surface area contributed by atoms with Crippen LogP contribution in [0.4, 0.5) is 0 Å². The third-order valence-electron chi connectivity index (χ3n) is 4.77. The summed E-state index contributed by atoms with van der Waals surface area (Å²) >= 11 is 0. The Labute approximate surface area is 111 Å². The molecule has 0 amide bonds. The third-order valence-corrected chi connectivity index (χ3v) is 4.77. The summed E-state index contributed by atoms with van der Waals surface area (Å²) in [6, 6.07) is 0. The summed E-state index contributed by atoms with van der Waals surface area (Å²) in [5.41, 5.74) is -3.45. The molecule has 4 saturated carbocycles. The van der Waals surface area contributed by atoms with E-state index in [1.165, 1.54) is 6.92 Å². The molecule has 0 spiro atoms. The first-order valence-corrected chi connectivity index (χ1v) is 6.70. The summed E-state index contributed by atoms with van der Waals surface area (Å²) in [6.45, 7) is 5.04. The summed E-state index contributed by atoms with van der Waals surface area (Å²) in [4.78, 5) is 11.7. The van der Waals surface area contributed by atoms with E-state index in [0.717, 1.165) is 0 Å². The zero-order valence-electron chi connectivity index (χ0n) is 11.1. The second kappa shape index (κ2) is 3.59. The lowest BCUT2D eigenvalue weighted by Crippen LogP contribution is -2.74. The van der Waals surface area contributed by atoms with E-state index in [1.54, 1.807) is 0 Å². The van der Waals surface area contributed by atoms with Gasteiger partial charge in [-0.1, -0.05) is 6.58 Å². The van der Waals surface area contributed by atoms with Crippen molar-refractivity contribution in [2.24, 2.45) is 5.92 Å². The van der Waals surface area contributed by atoms with E-state index >= 15 is 0 Å². The number of aliphatic hydroxyl groups is 3. The molecule has 0 aromatic carbocycles. The van der Waals surface area contributed by atoms with Gasteiger partial charge in [0.2, 0.25) is 0 Å². The molecule has 2 atom stereocenters. The van der Waals surface area contributed by atoms with Crippen LogP contribution in [0, 0.1) is 5.92 Å². The van der Waals surface area contributed by atoms with Crippen molar-refractivity contribution in [2.75, 3.05) is 0 Å². The average molecular weight is 268 g/mol. The average Bonchev–Trinajstić information content (AvgIpc) is 2.19. The Morgan fingerprint density at radius 1 is 1.16 bits per heavy atom. The highest BCUT2D eigenvalue weighted by Gasteiger charge is 2.69. The lowest BCUT2D eigenvalue weighted by atomic mass is 9.49. The van der Waals surface area contributed by atoms with Crippen LogP contribution in [0.3, 0.4) is 0 Å². The van der Waals surface area contributed by atoms with E-state index in [9.17, 15) is 20.1 Å². The number of carbonyl (C=O) groups excluding carboxylic acids is 1. The molecular formula is C14H20O5. The molecule has 0 radical (unpaired) electrons. The van der Waals surface area contributed by atoms with Crippen LogP contribution in [0.2, 0.25) is 0 Å². The minimum atomic E-state index is -1.33. The summed E-state index contributed by atoms with van der Waals surface area (Å²) < 4.78 is 5.29. The fraction of sp³-hybridized carbons (Fsp3) is 0.786. The van der Waals surface area contributed by atoms with Crippen LogP contribution in [0.15, 0.2) is 12.2 Å². The van der Waals surface area contributed by atoms with Crippen molar-refractivity contribution >= 4 is 5.97 Å². The van der Waals surface area contributed by atoms with E-state index in [0.29, 0.717) is 19.3 Å². The van der Waals surface area contributed by atoms with Gasteiger partial charge in [-0.3, -0.25) is 0 Å². The van der Waals surface area contributed by atoms with E-state index in [-0.39, 0.29) is 24.3 Å². The van der Waals surface area contributed by atoms with Gasteiger partial charge in [-0.05, 0) is 32.1 Å². The topological polar surface area (TPSA) is 87.0 Å². The van der Waals surface area contributed by atoms with Gasteiger partial charge >= 0.3 is 5.97 Å². The molecule has 4 rings (SSSR count). The van der Waals surface area contributed by atoms with Crippen LogP contribution in [0.25, 0.3) is 0 Å². The van der Waals surface area contributed by atoms with Crippen molar-refractivity contribution < 1.29 is 24.9 Å². The Balaban J connectivity index is 1.93. The molecule has 4 fully saturated rings. The fourth-order valence-corrected chi connectivity index (χ4v) is 4.57. The van der Waals surface area contributed by atoms with Crippen molar-refractivity contribution in [3.8, 4) is 0 Å². The summed E-state index contributed by atoms with van der Waals surface area (Å²) in [5.74, 6) is -0.520. The maximum Gasteiger partial charge on any atom is 0.333 e. The number of esters is 1. The Kier molecular flexibility index (Phi) is 2.48. The van der Waals surface area contributed by atoms with Gasteiger partial charge in [-0.2, -0.15) is 0 Å². The van der Waals surface area contributed by atoms with E-state index in [2.05, 4.69) is 6.58 Å². The van der Waals surface area contributed by atoms with Crippen LogP contribution in [0.1, 0.15) is 39.0 Å². The molecule has 0 heterocycles. The zero-order chi connectivity index (χ0) is 14.1. The van der Waals surface area contributed by atoms with E-state index in [1.807, 2.05) is 0 Å². The van der Waals surface area contributed by atoms with Gasteiger partial charge < -0.3 is 20.1 Å². The molecule has 4 aliphatic rings. The molecule has 2 unspecified atom stereocenters. The van der Waals surface area contributed by atoms with Crippen molar-refractivity contribution in [1.82, 2.24) is 0 Å². The second-order valence-corrected chi connectivity index (χ2v) is 6.83. The Morgan fingerprint density at radius 3 is 2.11 bits per heavy atom. The predicted molar refractivity (Wildman–Crippen MR) is 66.1 cm³/mol. The van der Waals surface area contributed by atoms with Crippen molar-refractivity contribution in [3.05, 3.63) is 12.2 Å². The predicted octanol–water partition coefficient (Wildman–Crippen LogP) is 0.275. The summed E-state index contributed by atoms with van der Waals surface area (Å²) in [5, 5.41) is 31.8. The highest BCUT2D eigenvalue weighted by molar-refractivity contribution is 5.87. The van der Waals surface area contributed by atoms with Gasteiger partial charge in [0, 0.05) is 18.4 Å². The lowest BCUT2D eigenvalue weighted by Gasteiger charge is -2.64. The molecule has 106 valence electrons. The molecule has 5 heteroatoms. The zero-order valence-corrected chi connectivity index (χ0v) is 11.1. The minimum Gasteiger partial charge on any atom is -0.453 e. The molecule has 0 saturated heterocycles. The number of ether oxygens (including phenoxy) is 1. The normalized spacial score (nSPS) is 51.2. The molecule has 3 N–H and O–H groups in total. The molecule has 19 heavy (non-hydrogen) atoms. The van der Waals surface area contributed by atoms with Gasteiger partial charge in [0.05, 0.1) is 5.60 Å². The quantitative estimate of drug-likeness (QED) is 0.494. The smallest absolute Gasteiger partial charge is 0.333 e. The Morgan fingerprint density at radius 2 is 1.68 bits per heavy atom. The summed E-state index contributed by atoms with van der Waals surface area (Å²) in [7, 11) is 0. The highest BCUT2D eigenvalue weighted by Crippen LogP contribution is 2.60. The maximum atomic E-state index is 11.7. The van der Waals surface area contributed by atoms with Crippen molar-refractivity contribution in [1.29, 1.82) is 0 Å². The number of hydrogen-bond acceptors (Lipinski definition) is 5. The molecule has 0 aromatic heterocycles. The van der Waals surface area contributed by atoms with Crippen LogP contribution in [-0.2, 0) is 9.53 Å². The van der Waals surface area contributed by atoms with Crippen LogP contribution in [0.5, 0.6) is 0 Å². The van der Waals surface area contributed by atoms with E-state index < -0.39 is 28.9 Å². The van der Waals surface area contributed by atoms with Crippen molar-refractivity contribution in [3.63, 3.8) is 0 Å². The maximum absolute atomic E-state index is 11.7. The minimum absolute atomic E-state index is 0.0854. The van der Waals surface area contributed by atoms with Crippen molar-refractivity contribution in [2.45, 2.75) is 61.9 Å². The molecule has 4 aliphatic carbocycles. The third kappa shape index (κ3) is 1.83. The molecule has 0 aromatic rings. The number of hydrogen-bond donors (Lipinski definition) is 3. The fourth-order valence-electron chi connectivity index (χ4n) is 4.57. The van der Waals surface area contributed by atoms with Gasteiger partial charge in [-0.25, -0.2) is 4.79 Å².